The van der Waals surface area contributed by atoms with Crippen LogP contribution in [0.5, 0.6) is 0 Å². The molecule has 14 heavy (non-hydrogen) atoms. The summed E-state index contributed by atoms with van der Waals surface area (Å²) < 4.78 is 25.6. The van der Waals surface area contributed by atoms with Gasteiger partial charge in [-0.15, -0.1) is 0 Å². The summed E-state index contributed by atoms with van der Waals surface area (Å²) in [6, 6.07) is 0. The van der Waals surface area contributed by atoms with E-state index in [0.29, 0.717) is 0 Å². The summed E-state index contributed by atoms with van der Waals surface area (Å²) in [6.07, 6.45) is 7.01. The highest BCUT2D eigenvalue weighted by atomic mass is 32.2. The normalized spacial score (nSPS) is 31.4. The zero-order chi connectivity index (χ0) is 10.8. The summed E-state index contributed by atoms with van der Waals surface area (Å²) in [7, 11) is -3.54. The van der Waals surface area contributed by atoms with Crippen molar-refractivity contribution in [1.29, 1.82) is 0 Å². The molecular weight excluding hydrogens is 220 g/mol. The van der Waals surface area contributed by atoms with E-state index in [1.165, 1.54) is 0 Å². The van der Waals surface area contributed by atoms with Gasteiger partial charge < -0.3 is 0 Å². The van der Waals surface area contributed by atoms with Crippen molar-refractivity contribution in [2.45, 2.75) is 18.6 Å². The highest BCUT2D eigenvalue weighted by molar-refractivity contribution is 7.91. The quantitative estimate of drug-likeness (QED) is 0.741. The van der Waals surface area contributed by atoms with Crippen molar-refractivity contribution in [3.05, 3.63) is 24.3 Å². The summed E-state index contributed by atoms with van der Waals surface area (Å²) in [6.45, 7) is 3.48. The lowest BCUT2D eigenvalue weighted by Crippen LogP contribution is -2.45. The van der Waals surface area contributed by atoms with E-state index in [-0.39, 0.29) is 5.92 Å². The number of sulfonamides is 1. The molecule has 1 aliphatic carbocycles. The number of rotatable bonds is 3. The van der Waals surface area contributed by atoms with Gasteiger partial charge in [0.25, 0.3) is 10.0 Å². The molecule has 0 spiro atoms. The van der Waals surface area contributed by atoms with Crippen LogP contribution < -0.4 is 4.83 Å². The first-order chi connectivity index (χ1) is 6.44. The van der Waals surface area contributed by atoms with Gasteiger partial charge in [0, 0.05) is 0 Å². The Morgan fingerprint density at radius 3 is 2.64 bits per heavy atom. The molecule has 6 heteroatoms. The molecule has 4 nitrogen and oxygen atoms in total. The van der Waals surface area contributed by atoms with Gasteiger partial charge in [-0.05, 0) is 12.8 Å². The van der Waals surface area contributed by atoms with Gasteiger partial charge in [0.1, 0.15) is 4.75 Å². The Morgan fingerprint density at radius 1 is 1.50 bits per heavy atom. The number of nitrogens with zero attached hydrogens (tertiary/aromatic N) is 1. The Balaban J connectivity index is 3.12. The van der Waals surface area contributed by atoms with Crippen LogP contribution in [0, 0.1) is 5.92 Å². The first-order valence-corrected chi connectivity index (χ1v) is 5.98. The molecular formula is C8H12N2O2S2. The first-order valence-electron chi connectivity index (χ1n) is 4.14. The zero-order valence-electron chi connectivity index (χ0n) is 7.97. The Morgan fingerprint density at radius 2 is 2.14 bits per heavy atom. The molecule has 0 heterocycles. The number of hydrogen-bond donors (Lipinski definition) is 1. The summed E-state index contributed by atoms with van der Waals surface area (Å²) in [5.41, 5.74) is 0. The Hall–Kier alpha value is -0.750. The van der Waals surface area contributed by atoms with E-state index in [0.717, 1.165) is 0 Å². The van der Waals surface area contributed by atoms with Crippen LogP contribution in [0.3, 0.4) is 0 Å². The lowest BCUT2D eigenvalue weighted by Gasteiger charge is -2.31. The van der Waals surface area contributed by atoms with Crippen LogP contribution >= 0.6 is 0 Å². The third-order valence-corrected chi connectivity index (χ3v) is 4.78. The molecule has 1 aliphatic rings. The molecule has 0 aromatic rings. The van der Waals surface area contributed by atoms with Crippen molar-refractivity contribution < 1.29 is 8.42 Å². The first kappa shape index (κ1) is 11.3. The topological polar surface area (TPSA) is 58.5 Å². The monoisotopic (exact) mass is 232 g/mol. The molecule has 0 aromatic carbocycles. The van der Waals surface area contributed by atoms with E-state index in [1.807, 2.05) is 23.9 Å². The van der Waals surface area contributed by atoms with Gasteiger partial charge in [-0.25, -0.2) is 8.42 Å². The van der Waals surface area contributed by atoms with E-state index < -0.39 is 14.8 Å². The third kappa shape index (κ3) is 1.72. The molecule has 0 saturated carbocycles. The minimum absolute atomic E-state index is 0.109. The Labute approximate surface area is 89.3 Å². The van der Waals surface area contributed by atoms with Crippen molar-refractivity contribution in [1.82, 2.24) is 4.83 Å². The second-order valence-electron chi connectivity index (χ2n) is 3.40. The predicted octanol–water partition coefficient (Wildman–Crippen LogP) is 1.07. The largest absolute Gasteiger partial charge is 0.257 e. The Bertz CT molecular complexity index is 386. The fourth-order valence-corrected chi connectivity index (χ4v) is 2.72. The van der Waals surface area contributed by atoms with Gasteiger partial charge in [-0.3, -0.25) is 0 Å². The molecule has 0 radical (unpaired) electrons. The smallest absolute Gasteiger partial charge is 0.204 e. The van der Waals surface area contributed by atoms with Crippen LogP contribution in [0.15, 0.2) is 28.8 Å². The standard InChI is InChI=1S/C8H12N2O2S2/c1-7-5-3-4-6-8(7,2)14(11,12)10-9-13/h3-7H,1-2H3,(H,10,13). The van der Waals surface area contributed by atoms with Crippen molar-refractivity contribution in [2.75, 3.05) is 0 Å². The van der Waals surface area contributed by atoms with Crippen LogP contribution in [-0.2, 0) is 22.4 Å². The molecule has 2 unspecified atom stereocenters. The van der Waals surface area contributed by atoms with Crippen LogP contribution in [0.1, 0.15) is 13.8 Å². The second kappa shape index (κ2) is 3.78. The van der Waals surface area contributed by atoms with E-state index in [1.54, 1.807) is 19.1 Å². The van der Waals surface area contributed by atoms with Crippen LogP contribution in [0.4, 0.5) is 0 Å². The molecule has 1 N–H and O–H groups in total. The summed E-state index contributed by atoms with van der Waals surface area (Å²) in [5.74, 6) is -0.109. The van der Waals surface area contributed by atoms with Gasteiger partial charge in [0.05, 0.1) is 12.4 Å². The molecule has 0 amide bonds. The summed E-state index contributed by atoms with van der Waals surface area (Å²) in [5, 5.41) is 0. The van der Waals surface area contributed by atoms with Gasteiger partial charge in [0.15, 0.2) is 0 Å². The molecule has 0 bridgehead atoms. The van der Waals surface area contributed by atoms with Crippen LogP contribution in [0.25, 0.3) is 0 Å². The SMILES string of the molecule is CC1C=CC=CC1(C)S(=O)(=O)NN=S. The minimum atomic E-state index is -3.54. The molecule has 78 valence electrons. The third-order valence-electron chi connectivity index (χ3n) is 2.58. The number of allylic oxidation sites excluding steroid dienone is 3. The van der Waals surface area contributed by atoms with Gasteiger partial charge in [-0.2, -0.15) is 4.83 Å². The number of hydrogen-bond acceptors (Lipinski definition) is 4. The average molecular weight is 232 g/mol. The molecule has 0 fully saturated rings. The lowest BCUT2D eigenvalue weighted by atomic mass is 9.91. The summed E-state index contributed by atoms with van der Waals surface area (Å²) >= 11 is 4.25. The fourth-order valence-electron chi connectivity index (χ4n) is 1.30. The van der Waals surface area contributed by atoms with Gasteiger partial charge >= 0.3 is 0 Å². The molecule has 0 aliphatic heterocycles. The maximum absolute atomic E-state index is 11.8. The van der Waals surface area contributed by atoms with Crippen LogP contribution in [0.2, 0.25) is 0 Å². The zero-order valence-corrected chi connectivity index (χ0v) is 9.60. The molecule has 0 saturated heterocycles. The molecule has 2 atom stereocenters. The predicted molar refractivity (Wildman–Crippen MR) is 57.7 cm³/mol. The van der Waals surface area contributed by atoms with Crippen molar-refractivity contribution in [3.63, 3.8) is 0 Å². The van der Waals surface area contributed by atoms with Crippen molar-refractivity contribution >= 4 is 22.4 Å². The fraction of sp³-hybridized carbons (Fsp3) is 0.500. The maximum Gasteiger partial charge on any atom is 0.257 e. The molecule has 1 rings (SSSR count). The second-order valence-corrected chi connectivity index (χ2v) is 5.65. The Kier molecular flexibility index (Phi) is 3.06. The average Bonchev–Trinajstić information content (AvgIpc) is 2.10. The van der Waals surface area contributed by atoms with Crippen molar-refractivity contribution in [3.8, 4) is 0 Å². The van der Waals surface area contributed by atoms with Crippen LogP contribution in [-0.4, -0.2) is 13.2 Å². The highest BCUT2D eigenvalue weighted by Crippen LogP contribution is 2.31. The van der Waals surface area contributed by atoms with E-state index in [9.17, 15) is 8.42 Å². The number of nitrogens with one attached hydrogen (secondary N) is 1. The maximum atomic E-state index is 11.8. The van der Waals surface area contributed by atoms with E-state index in [4.69, 9.17) is 0 Å². The summed E-state index contributed by atoms with van der Waals surface area (Å²) in [4.78, 5) is 1.99. The van der Waals surface area contributed by atoms with Gasteiger partial charge in [-0.1, -0.05) is 35.7 Å². The molecule has 0 aromatic heterocycles. The lowest BCUT2D eigenvalue weighted by molar-refractivity contribution is 0.504. The highest BCUT2D eigenvalue weighted by Gasteiger charge is 2.41. The minimum Gasteiger partial charge on any atom is -0.204 e. The van der Waals surface area contributed by atoms with E-state index >= 15 is 0 Å². The van der Waals surface area contributed by atoms with Gasteiger partial charge in [0.2, 0.25) is 0 Å². The van der Waals surface area contributed by atoms with Crippen molar-refractivity contribution in [2.24, 2.45) is 10.4 Å². The van der Waals surface area contributed by atoms with E-state index in [2.05, 4.69) is 16.9 Å².